The Bertz CT molecular complexity index is 137. The molecule has 10 heavy (non-hydrogen) atoms. The normalized spacial score (nSPS) is 32.6. The molecule has 1 saturated heterocycles. The number of thioether (sulfide) groups is 1. The van der Waals surface area contributed by atoms with E-state index < -0.39 is 6.10 Å². The number of rotatable bonds is 1. The summed E-state index contributed by atoms with van der Waals surface area (Å²) in [5.41, 5.74) is 0. The van der Waals surface area contributed by atoms with Gasteiger partial charge >= 0.3 is 0 Å². The Morgan fingerprint density at radius 3 is 2.80 bits per heavy atom. The first-order valence-electron chi connectivity index (χ1n) is 3.13. The van der Waals surface area contributed by atoms with Crippen LogP contribution < -0.4 is 0 Å². The molecule has 4 heteroatoms. The van der Waals surface area contributed by atoms with Gasteiger partial charge in [-0.3, -0.25) is 4.79 Å². The summed E-state index contributed by atoms with van der Waals surface area (Å²) in [7, 11) is 0. The van der Waals surface area contributed by atoms with Gasteiger partial charge in [0.2, 0.25) is 0 Å². The molecule has 3 nitrogen and oxygen atoms in total. The molecule has 1 heterocycles. The molecule has 1 aliphatic rings. The first-order chi connectivity index (χ1) is 4.70. The number of hydrogen-bond acceptors (Lipinski definition) is 4. The van der Waals surface area contributed by atoms with Crippen LogP contribution in [0.3, 0.4) is 0 Å². The average molecular weight is 162 g/mol. The summed E-state index contributed by atoms with van der Waals surface area (Å²) in [5.74, 6) is 0. The lowest BCUT2D eigenvalue weighted by Crippen LogP contribution is -2.21. The molecule has 58 valence electrons. The van der Waals surface area contributed by atoms with Crippen LogP contribution in [0, 0.1) is 0 Å². The molecule has 0 bridgehead atoms. The number of hydrogen-bond donors (Lipinski definition) is 1. The zero-order valence-corrected chi connectivity index (χ0v) is 6.56. The van der Waals surface area contributed by atoms with Crippen LogP contribution in [0.4, 0.5) is 0 Å². The standard InChI is InChI=1S/C6H10O3S/c1-4(7)10-6-3-9-2-5(6)8/h5-6,8H,2-3H2,1H3/t5-,6-/m1/s1. The maximum absolute atomic E-state index is 10.5. The zero-order chi connectivity index (χ0) is 7.56. The quantitative estimate of drug-likeness (QED) is 0.590. The van der Waals surface area contributed by atoms with Gasteiger partial charge in [-0.25, -0.2) is 0 Å². The van der Waals surface area contributed by atoms with Crippen LogP contribution in [0.25, 0.3) is 0 Å². The van der Waals surface area contributed by atoms with Gasteiger partial charge in [0, 0.05) is 6.92 Å². The Labute approximate surface area is 63.8 Å². The topological polar surface area (TPSA) is 46.5 Å². The molecule has 0 spiro atoms. The van der Waals surface area contributed by atoms with E-state index in [1.54, 1.807) is 0 Å². The van der Waals surface area contributed by atoms with Gasteiger partial charge in [-0.2, -0.15) is 0 Å². The number of aliphatic hydroxyl groups is 1. The Morgan fingerprint density at radius 1 is 1.70 bits per heavy atom. The van der Waals surface area contributed by atoms with E-state index in [0.29, 0.717) is 13.2 Å². The fraction of sp³-hybridized carbons (Fsp3) is 0.833. The fourth-order valence-corrected chi connectivity index (χ4v) is 1.68. The molecule has 0 aliphatic carbocycles. The van der Waals surface area contributed by atoms with Crippen LogP contribution in [-0.2, 0) is 9.53 Å². The van der Waals surface area contributed by atoms with E-state index in [1.807, 2.05) is 0 Å². The molecule has 0 aromatic rings. The minimum absolute atomic E-state index is 0.0366. The Balaban J connectivity index is 2.33. The lowest BCUT2D eigenvalue weighted by atomic mass is 10.3. The van der Waals surface area contributed by atoms with Gasteiger partial charge in [-0.15, -0.1) is 0 Å². The Kier molecular flexibility index (Phi) is 2.71. The summed E-state index contributed by atoms with van der Waals surface area (Å²) in [4.78, 5) is 10.5. The second-order valence-electron chi connectivity index (χ2n) is 2.25. The molecular formula is C6H10O3S. The van der Waals surface area contributed by atoms with E-state index in [1.165, 1.54) is 6.92 Å². The smallest absolute Gasteiger partial charge is 0.186 e. The number of carbonyl (C=O) groups is 1. The van der Waals surface area contributed by atoms with Crippen molar-refractivity contribution in [1.82, 2.24) is 0 Å². The predicted octanol–water partition coefficient (Wildman–Crippen LogP) is 0.0258. The van der Waals surface area contributed by atoms with E-state index in [9.17, 15) is 4.79 Å². The molecule has 0 aromatic carbocycles. The lowest BCUT2D eigenvalue weighted by molar-refractivity contribution is -0.109. The van der Waals surface area contributed by atoms with Crippen molar-refractivity contribution < 1.29 is 14.6 Å². The van der Waals surface area contributed by atoms with Gasteiger partial charge in [0.1, 0.15) is 0 Å². The molecule has 1 N–H and O–H groups in total. The second-order valence-corrected chi connectivity index (χ2v) is 3.67. The minimum atomic E-state index is -0.464. The summed E-state index contributed by atoms with van der Waals surface area (Å²) in [6.07, 6.45) is -0.464. The fourth-order valence-electron chi connectivity index (χ4n) is 0.849. The maximum Gasteiger partial charge on any atom is 0.186 e. The van der Waals surface area contributed by atoms with Gasteiger partial charge in [-0.05, 0) is 0 Å². The van der Waals surface area contributed by atoms with E-state index >= 15 is 0 Å². The van der Waals surface area contributed by atoms with Crippen molar-refractivity contribution >= 4 is 16.9 Å². The van der Waals surface area contributed by atoms with Crippen LogP contribution in [0.1, 0.15) is 6.92 Å². The molecular weight excluding hydrogens is 152 g/mol. The highest BCUT2D eigenvalue weighted by Crippen LogP contribution is 2.20. The zero-order valence-electron chi connectivity index (χ0n) is 5.74. The predicted molar refractivity (Wildman–Crippen MR) is 38.9 cm³/mol. The van der Waals surface area contributed by atoms with Crippen LogP contribution >= 0.6 is 11.8 Å². The number of ether oxygens (including phenoxy) is 1. The first kappa shape index (κ1) is 8.04. The molecule has 1 rings (SSSR count). The second kappa shape index (κ2) is 3.37. The lowest BCUT2D eigenvalue weighted by Gasteiger charge is -2.07. The van der Waals surface area contributed by atoms with Crippen molar-refractivity contribution in [2.45, 2.75) is 18.3 Å². The van der Waals surface area contributed by atoms with Gasteiger partial charge in [0.15, 0.2) is 5.12 Å². The summed E-state index contributed by atoms with van der Waals surface area (Å²) >= 11 is 1.16. The number of carbonyl (C=O) groups excluding carboxylic acids is 1. The molecule has 1 aliphatic heterocycles. The molecule has 0 radical (unpaired) electrons. The van der Waals surface area contributed by atoms with Gasteiger partial charge in [-0.1, -0.05) is 11.8 Å². The third-order valence-corrected chi connectivity index (χ3v) is 2.40. The van der Waals surface area contributed by atoms with Crippen LogP contribution in [0.15, 0.2) is 0 Å². The van der Waals surface area contributed by atoms with Crippen LogP contribution in [-0.4, -0.2) is 34.8 Å². The SMILES string of the molecule is CC(=O)S[C@@H]1COC[C@H]1O. The highest BCUT2D eigenvalue weighted by atomic mass is 32.2. The molecule has 0 aromatic heterocycles. The maximum atomic E-state index is 10.5. The molecule has 0 unspecified atom stereocenters. The van der Waals surface area contributed by atoms with E-state index in [2.05, 4.69) is 0 Å². The van der Waals surface area contributed by atoms with Crippen molar-refractivity contribution in [3.8, 4) is 0 Å². The van der Waals surface area contributed by atoms with Crippen molar-refractivity contribution in [3.05, 3.63) is 0 Å². The largest absolute Gasteiger partial charge is 0.389 e. The van der Waals surface area contributed by atoms with Crippen molar-refractivity contribution in [1.29, 1.82) is 0 Å². The van der Waals surface area contributed by atoms with Crippen molar-refractivity contribution in [2.24, 2.45) is 0 Å². The summed E-state index contributed by atoms with van der Waals surface area (Å²) in [6, 6.07) is 0. The average Bonchev–Trinajstić information content (AvgIpc) is 2.15. The molecule has 2 atom stereocenters. The van der Waals surface area contributed by atoms with Crippen LogP contribution in [0.5, 0.6) is 0 Å². The minimum Gasteiger partial charge on any atom is -0.389 e. The van der Waals surface area contributed by atoms with Crippen molar-refractivity contribution in [3.63, 3.8) is 0 Å². The summed E-state index contributed by atoms with van der Waals surface area (Å²) in [6.45, 7) is 2.35. The van der Waals surface area contributed by atoms with E-state index in [-0.39, 0.29) is 10.4 Å². The van der Waals surface area contributed by atoms with Gasteiger partial charge in [0.05, 0.1) is 24.6 Å². The third-order valence-electron chi connectivity index (χ3n) is 1.32. The highest BCUT2D eigenvalue weighted by molar-refractivity contribution is 8.14. The Morgan fingerprint density at radius 2 is 2.40 bits per heavy atom. The van der Waals surface area contributed by atoms with Gasteiger partial charge < -0.3 is 9.84 Å². The Hall–Kier alpha value is -0.0600. The van der Waals surface area contributed by atoms with E-state index in [0.717, 1.165) is 11.8 Å². The highest BCUT2D eigenvalue weighted by Gasteiger charge is 2.27. The van der Waals surface area contributed by atoms with Crippen LogP contribution in [0.2, 0.25) is 0 Å². The third kappa shape index (κ3) is 1.97. The van der Waals surface area contributed by atoms with E-state index in [4.69, 9.17) is 9.84 Å². The van der Waals surface area contributed by atoms with Crippen molar-refractivity contribution in [2.75, 3.05) is 13.2 Å². The molecule has 1 fully saturated rings. The summed E-state index contributed by atoms with van der Waals surface area (Å²) in [5, 5.41) is 9.13. The first-order valence-corrected chi connectivity index (χ1v) is 4.01. The molecule has 0 amide bonds. The van der Waals surface area contributed by atoms with Gasteiger partial charge in [0.25, 0.3) is 0 Å². The monoisotopic (exact) mass is 162 g/mol. The summed E-state index contributed by atoms with van der Waals surface area (Å²) < 4.78 is 4.95. The number of aliphatic hydroxyl groups excluding tert-OH is 1. The molecule has 0 saturated carbocycles.